The second kappa shape index (κ2) is 6.66. The van der Waals surface area contributed by atoms with Gasteiger partial charge in [-0.1, -0.05) is 0 Å². The molecule has 0 spiro atoms. The third-order valence-corrected chi connectivity index (χ3v) is 12.3. The van der Waals surface area contributed by atoms with Crippen molar-refractivity contribution in [3.63, 3.8) is 0 Å². The van der Waals surface area contributed by atoms with Crippen molar-refractivity contribution < 1.29 is 9.53 Å². The summed E-state index contributed by atoms with van der Waals surface area (Å²) in [6, 6.07) is 17.1. The fourth-order valence-corrected chi connectivity index (χ4v) is 5.78. The van der Waals surface area contributed by atoms with Crippen molar-refractivity contribution in [2.24, 2.45) is 0 Å². The summed E-state index contributed by atoms with van der Waals surface area (Å²) in [5.41, 5.74) is 0.602. The van der Waals surface area contributed by atoms with Crippen LogP contribution in [0.25, 0.3) is 0 Å². The van der Waals surface area contributed by atoms with Crippen molar-refractivity contribution in [3.05, 3.63) is 60.2 Å². The number of carbonyl (C=O) groups is 1. The molecular weight excluding hydrogens is 370 g/mol. The Balaban J connectivity index is 2.10. The van der Waals surface area contributed by atoms with E-state index in [1.165, 1.54) is 3.51 Å². The quantitative estimate of drug-likeness (QED) is 0.449. The van der Waals surface area contributed by atoms with Crippen LogP contribution in [-0.2, 0) is 0 Å². The summed E-state index contributed by atoms with van der Waals surface area (Å²) in [6.45, 7) is 6.90. The van der Waals surface area contributed by atoms with Gasteiger partial charge in [-0.25, -0.2) is 0 Å². The molecule has 0 fully saturated rings. The molecule has 0 saturated carbocycles. The van der Waals surface area contributed by atoms with Gasteiger partial charge >= 0.3 is 134 Å². The normalized spacial score (nSPS) is 11.5. The zero-order chi connectivity index (χ0) is 15.5. The Labute approximate surface area is 134 Å². The van der Waals surface area contributed by atoms with E-state index >= 15 is 0 Å². The fourth-order valence-electron chi connectivity index (χ4n) is 1.86. The Bertz CT molecular complexity index is 597. The molecule has 2 nitrogen and oxygen atoms in total. The molecule has 0 radical (unpaired) electrons. The van der Waals surface area contributed by atoms with E-state index in [0.29, 0.717) is 14.7 Å². The molecule has 0 aromatic heterocycles. The molecule has 0 heterocycles. The maximum absolute atomic E-state index is 12.1. The van der Waals surface area contributed by atoms with Crippen molar-refractivity contribution in [1.82, 2.24) is 0 Å². The van der Waals surface area contributed by atoms with Gasteiger partial charge in [-0.2, -0.15) is 0 Å². The first kappa shape index (κ1) is 16.1. The third kappa shape index (κ3) is 4.35. The first-order valence-electron chi connectivity index (χ1n) is 6.99. The number of para-hydroxylation sites is 1. The molecule has 21 heavy (non-hydrogen) atoms. The molecule has 0 atom stereocenters. The maximum atomic E-state index is 12.1. The zero-order valence-corrected chi connectivity index (χ0v) is 15.5. The summed E-state index contributed by atoms with van der Waals surface area (Å²) >= 11 is -1.48. The Hall–Kier alpha value is -1.27. The molecule has 110 valence electrons. The fraction of sp³-hybridized carbons (Fsp3) is 0.278. The van der Waals surface area contributed by atoms with E-state index < -0.39 is 20.2 Å². The first-order chi connectivity index (χ1) is 9.88. The zero-order valence-electron chi connectivity index (χ0n) is 13.0. The molecule has 0 N–H and O–H groups in total. The summed E-state index contributed by atoms with van der Waals surface area (Å²) in [4.78, 5) is 14.5. The van der Waals surface area contributed by atoms with Gasteiger partial charge in [-0.15, -0.1) is 0 Å². The van der Waals surface area contributed by atoms with Crippen LogP contribution in [-0.4, -0.2) is 26.2 Å². The van der Waals surface area contributed by atoms with Gasteiger partial charge < -0.3 is 0 Å². The molecule has 0 saturated heterocycles. The molecule has 0 bridgehead atoms. The minimum atomic E-state index is -1.48. The van der Waals surface area contributed by atoms with Crippen LogP contribution >= 0.6 is 0 Å². The molecule has 0 aliphatic rings. The molecule has 3 heteroatoms. The summed E-state index contributed by atoms with van der Waals surface area (Å²) in [7, 11) is 0. The first-order valence-corrected chi connectivity index (χ1v) is 12.1. The van der Waals surface area contributed by atoms with Gasteiger partial charge in [-0.05, 0) is 0 Å². The Kier molecular flexibility index (Phi) is 5.11. The molecule has 0 aliphatic carbocycles. The second-order valence-corrected chi connectivity index (χ2v) is 14.5. The monoisotopic (exact) mass is 390 g/mol. The van der Waals surface area contributed by atoms with E-state index in [9.17, 15) is 4.79 Å². The van der Waals surface area contributed by atoms with E-state index in [-0.39, 0.29) is 5.97 Å². The molecule has 0 aliphatic heterocycles. The molecule has 2 aromatic carbocycles. The van der Waals surface area contributed by atoms with Gasteiger partial charge in [0.2, 0.25) is 0 Å². The number of esters is 1. The Morgan fingerprint density at radius 3 is 2.05 bits per heavy atom. The van der Waals surface area contributed by atoms with Crippen LogP contribution in [0.3, 0.4) is 0 Å². The molecule has 0 amide bonds. The molecule has 2 rings (SSSR count). The van der Waals surface area contributed by atoms with E-state index in [4.69, 9.17) is 4.74 Å². The van der Waals surface area contributed by atoms with Crippen molar-refractivity contribution in [2.75, 3.05) is 0 Å². The van der Waals surface area contributed by atoms with Gasteiger partial charge in [0, 0.05) is 0 Å². The van der Waals surface area contributed by atoms with Gasteiger partial charge in [0.05, 0.1) is 0 Å². The molecule has 2 aromatic rings. The van der Waals surface area contributed by atoms with Crippen LogP contribution in [0.1, 0.15) is 31.1 Å². The van der Waals surface area contributed by atoms with Crippen LogP contribution in [0.2, 0.25) is 8.23 Å². The van der Waals surface area contributed by atoms with Crippen molar-refractivity contribution >= 4 is 29.7 Å². The summed E-state index contributed by atoms with van der Waals surface area (Å²) in [5.74, 6) is 0.273. The number of hydrogen-bond acceptors (Lipinski definition) is 2. The van der Waals surface area contributed by atoms with Crippen LogP contribution in [0.5, 0.6) is 5.75 Å². The van der Waals surface area contributed by atoms with E-state index in [2.05, 4.69) is 37.8 Å². The van der Waals surface area contributed by atoms with Gasteiger partial charge in [0.1, 0.15) is 0 Å². The topological polar surface area (TPSA) is 26.3 Å². The van der Waals surface area contributed by atoms with Gasteiger partial charge in [-0.3, -0.25) is 0 Å². The van der Waals surface area contributed by atoms with Crippen LogP contribution in [0.15, 0.2) is 54.6 Å². The predicted molar refractivity (Wildman–Crippen MR) is 88.8 cm³/mol. The van der Waals surface area contributed by atoms with E-state index in [1.807, 2.05) is 30.3 Å². The van der Waals surface area contributed by atoms with E-state index in [1.54, 1.807) is 12.1 Å². The second-order valence-electron chi connectivity index (χ2n) is 5.98. The molecular formula is C18H21O2Sb. The summed E-state index contributed by atoms with van der Waals surface area (Å²) in [5, 5.41) is 0. The number of hydrogen-bond donors (Lipinski definition) is 0. The average Bonchev–Trinajstić information content (AvgIpc) is 2.46. The van der Waals surface area contributed by atoms with E-state index in [0.717, 1.165) is 0 Å². The van der Waals surface area contributed by atoms with Crippen molar-refractivity contribution in [3.8, 4) is 5.75 Å². The SMILES string of the molecule is [CH3][Sb]([c]1ccc(C(=O)Oc2ccccc2)cc1)[C](C)(C)C. The average molecular weight is 391 g/mol. The number of rotatable bonds is 3. The third-order valence-electron chi connectivity index (χ3n) is 3.45. The van der Waals surface area contributed by atoms with Gasteiger partial charge in [0.15, 0.2) is 0 Å². The number of benzene rings is 2. The minimum absolute atomic E-state index is 0.303. The standard InChI is InChI=1S/C13H9O2.C4H9.CH3.Sb/c14-13(11-7-3-1-4-8-11)15-12-9-5-2-6-10-12;1-4(2)3;;/h2-10H;1-3H3;1H3;. The predicted octanol–water partition coefficient (Wildman–Crippen LogP) is 4.04. The Morgan fingerprint density at radius 2 is 1.52 bits per heavy atom. The van der Waals surface area contributed by atoms with Crippen LogP contribution in [0, 0.1) is 0 Å². The number of carbonyl (C=O) groups excluding carboxylic acids is 1. The van der Waals surface area contributed by atoms with Gasteiger partial charge in [0.25, 0.3) is 0 Å². The summed E-state index contributed by atoms with van der Waals surface area (Å²) < 4.78 is 7.15. The van der Waals surface area contributed by atoms with Crippen LogP contribution in [0.4, 0.5) is 0 Å². The van der Waals surface area contributed by atoms with Crippen LogP contribution < -0.4 is 8.25 Å². The van der Waals surface area contributed by atoms with Crippen molar-refractivity contribution in [1.29, 1.82) is 0 Å². The number of ether oxygens (including phenoxy) is 1. The Morgan fingerprint density at radius 1 is 0.952 bits per heavy atom. The summed E-state index contributed by atoms with van der Waals surface area (Å²) in [6.07, 6.45) is 0. The van der Waals surface area contributed by atoms with Crippen molar-refractivity contribution in [2.45, 2.75) is 29.0 Å². The molecule has 0 unspecified atom stereocenters.